The molecular formula is C12H17ClN4O. The molecule has 0 atom stereocenters. The molecule has 18 heavy (non-hydrogen) atoms. The summed E-state index contributed by atoms with van der Waals surface area (Å²) in [5.41, 5.74) is 6.08. The van der Waals surface area contributed by atoms with E-state index in [0.717, 1.165) is 25.9 Å². The van der Waals surface area contributed by atoms with Crippen LogP contribution in [-0.2, 0) is 4.79 Å². The van der Waals surface area contributed by atoms with Crippen molar-refractivity contribution in [2.75, 3.05) is 30.7 Å². The quantitative estimate of drug-likeness (QED) is 0.873. The highest BCUT2D eigenvalue weighted by molar-refractivity contribution is 6.33. The van der Waals surface area contributed by atoms with Gasteiger partial charge in [0, 0.05) is 26.1 Å². The number of carbonyl (C=O) groups is 1. The number of aromatic nitrogens is 1. The van der Waals surface area contributed by atoms with Crippen molar-refractivity contribution in [2.24, 2.45) is 0 Å². The van der Waals surface area contributed by atoms with Gasteiger partial charge >= 0.3 is 0 Å². The minimum atomic E-state index is 0.187. The van der Waals surface area contributed by atoms with Crippen molar-refractivity contribution in [3.05, 3.63) is 17.3 Å². The summed E-state index contributed by atoms with van der Waals surface area (Å²) < 4.78 is 0. The Balaban J connectivity index is 1.79. The number of pyridine rings is 1. The molecule has 0 spiro atoms. The molecule has 0 bridgehead atoms. The second-order valence-corrected chi connectivity index (χ2v) is 4.77. The van der Waals surface area contributed by atoms with Crippen molar-refractivity contribution >= 4 is 29.0 Å². The lowest BCUT2D eigenvalue weighted by Gasteiger charge is -2.15. The molecule has 0 saturated carbocycles. The van der Waals surface area contributed by atoms with E-state index in [-0.39, 0.29) is 5.91 Å². The normalized spacial score (nSPS) is 14.8. The maximum atomic E-state index is 11.8. The van der Waals surface area contributed by atoms with Crippen LogP contribution in [0, 0.1) is 0 Å². The standard InChI is InChI=1S/C12H17ClN4O/c13-10-7-9(14)8-16-12(10)15-4-3-11(18)17-5-1-2-6-17/h7-8H,1-6,14H2,(H,15,16). The van der Waals surface area contributed by atoms with Crippen LogP contribution in [0.4, 0.5) is 11.5 Å². The van der Waals surface area contributed by atoms with Gasteiger partial charge in [0.05, 0.1) is 16.9 Å². The van der Waals surface area contributed by atoms with Crippen molar-refractivity contribution in [3.8, 4) is 0 Å². The largest absolute Gasteiger partial charge is 0.397 e. The summed E-state index contributed by atoms with van der Waals surface area (Å²) in [4.78, 5) is 17.8. The zero-order chi connectivity index (χ0) is 13.0. The molecule has 1 saturated heterocycles. The van der Waals surface area contributed by atoms with E-state index in [0.29, 0.717) is 29.5 Å². The molecule has 1 fully saturated rings. The van der Waals surface area contributed by atoms with E-state index in [9.17, 15) is 4.79 Å². The van der Waals surface area contributed by atoms with E-state index in [2.05, 4.69) is 10.3 Å². The average molecular weight is 269 g/mol. The summed E-state index contributed by atoms with van der Waals surface area (Å²) in [6, 6.07) is 1.64. The number of halogens is 1. The first kappa shape index (κ1) is 13.0. The van der Waals surface area contributed by atoms with Crippen molar-refractivity contribution < 1.29 is 4.79 Å². The van der Waals surface area contributed by atoms with Crippen LogP contribution in [-0.4, -0.2) is 35.4 Å². The summed E-state index contributed by atoms with van der Waals surface area (Å²) in [6.07, 6.45) is 4.23. The van der Waals surface area contributed by atoms with E-state index in [1.165, 1.54) is 6.20 Å². The fourth-order valence-corrected chi connectivity index (χ4v) is 2.24. The van der Waals surface area contributed by atoms with E-state index < -0.39 is 0 Å². The molecule has 1 aliphatic heterocycles. The molecule has 5 nitrogen and oxygen atoms in total. The highest BCUT2D eigenvalue weighted by atomic mass is 35.5. The van der Waals surface area contributed by atoms with Crippen molar-refractivity contribution in [1.82, 2.24) is 9.88 Å². The lowest BCUT2D eigenvalue weighted by molar-refractivity contribution is -0.129. The molecule has 0 aliphatic carbocycles. The van der Waals surface area contributed by atoms with E-state index >= 15 is 0 Å². The Morgan fingerprint density at radius 3 is 2.89 bits per heavy atom. The highest BCUT2D eigenvalue weighted by Crippen LogP contribution is 2.20. The van der Waals surface area contributed by atoms with E-state index in [1.807, 2.05) is 4.90 Å². The number of nitrogen functional groups attached to an aromatic ring is 1. The fourth-order valence-electron chi connectivity index (χ4n) is 2.00. The summed E-state index contributed by atoms with van der Waals surface area (Å²) in [6.45, 7) is 2.31. The first-order valence-electron chi connectivity index (χ1n) is 6.09. The molecule has 2 heterocycles. The molecule has 1 aromatic rings. The number of likely N-dealkylation sites (tertiary alicyclic amines) is 1. The third-order valence-electron chi connectivity index (χ3n) is 2.95. The maximum absolute atomic E-state index is 11.8. The third-order valence-corrected chi connectivity index (χ3v) is 3.24. The number of hydrogen-bond acceptors (Lipinski definition) is 4. The Kier molecular flexibility index (Phi) is 4.25. The maximum Gasteiger partial charge on any atom is 0.224 e. The molecule has 0 aromatic carbocycles. The molecule has 1 aliphatic rings. The van der Waals surface area contributed by atoms with Crippen LogP contribution >= 0.6 is 11.6 Å². The molecule has 6 heteroatoms. The molecule has 3 N–H and O–H groups in total. The molecule has 0 unspecified atom stereocenters. The van der Waals surface area contributed by atoms with Crippen LogP contribution in [0.2, 0.25) is 5.02 Å². The topological polar surface area (TPSA) is 71.2 Å². The second kappa shape index (κ2) is 5.91. The Morgan fingerprint density at radius 2 is 2.22 bits per heavy atom. The average Bonchev–Trinajstić information content (AvgIpc) is 2.85. The Labute approximate surface area is 111 Å². The van der Waals surface area contributed by atoms with Gasteiger partial charge in [-0.1, -0.05) is 11.6 Å². The van der Waals surface area contributed by atoms with Gasteiger partial charge in [-0.2, -0.15) is 0 Å². The molecule has 98 valence electrons. The van der Waals surface area contributed by atoms with Crippen LogP contribution in [0.5, 0.6) is 0 Å². The zero-order valence-corrected chi connectivity index (χ0v) is 10.9. The van der Waals surface area contributed by atoms with Gasteiger partial charge in [-0.05, 0) is 18.9 Å². The summed E-state index contributed by atoms with van der Waals surface area (Å²) >= 11 is 5.97. The smallest absolute Gasteiger partial charge is 0.224 e. The molecule has 1 aromatic heterocycles. The van der Waals surface area contributed by atoms with Gasteiger partial charge in [0.15, 0.2) is 0 Å². The van der Waals surface area contributed by atoms with Gasteiger partial charge in [-0.25, -0.2) is 4.98 Å². The number of nitrogens with two attached hydrogens (primary N) is 1. The van der Waals surface area contributed by atoms with Gasteiger partial charge in [0.2, 0.25) is 5.91 Å². The Morgan fingerprint density at radius 1 is 1.50 bits per heavy atom. The first-order chi connectivity index (χ1) is 8.66. The van der Waals surface area contributed by atoms with Gasteiger partial charge < -0.3 is 16.0 Å². The van der Waals surface area contributed by atoms with Crippen LogP contribution in [0.25, 0.3) is 0 Å². The number of nitrogens with zero attached hydrogens (tertiary/aromatic N) is 2. The molecule has 2 rings (SSSR count). The minimum absolute atomic E-state index is 0.187. The third kappa shape index (κ3) is 3.26. The van der Waals surface area contributed by atoms with E-state index in [4.69, 9.17) is 17.3 Å². The van der Waals surface area contributed by atoms with Gasteiger partial charge in [0.1, 0.15) is 5.82 Å². The number of anilines is 2. The highest BCUT2D eigenvalue weighted by Gasteiger charge is 2.17. The fraction of sp³-hybridized carbons (Fsp3) is 0.500. The molecule has 1 amide bonds. The van der Waals surface area contributed by atoms with Gasteiger partial charge in [-0.3, -0.25) is 4.79 Å². The Hall–Kier alpha value is -1.49. The predicted octanol–water partition coefficient (Wildman–Crippen LogP) is 1.74. The Bertz CT molecular complexity index is 432. The summed E-state index contributed by atoms with van der Waals surface area (Å²) in [5, 5.41) is 3.52. The van der Waals surface area contributed by atoms with Crippen LogP contribution in [0.15, 0.2) is 12.3 Å². The van der Waals surface area contributed by atoms with Crippen molar-refractivity contribution in [3.63, 3.8) is 0 Å². The van der Waals surface area contributed by atoms with Crippen LogP contribution < -0.4 is 11.1 Å². The van der Waals surface area contributed by atoms with Crippen LogP contribution in [0.3, 0.4) is 0 Å². The van der Waals surface area contributed by atoms with Crippen LogP contribution in [0.1, 0.15) is 19.3 Å². The van der Waals surface area contributed by atoms with Crippen molar-refractivity contribution in [2.45, 2.75) is 19.3 Å². The van der Waals surface area contributed by atoms with Crippen molar-refractivity contribution in [1.29, 1.82) is 0 Å². The number of nitrogens with one attached hydrogen (secondary N) is 1. The lowest BCUT2D eigenvalue weighted by atomic mass is 10.3. The number of amides is 1. The number of rotatable bonds is 4. The number of carbonyl (C=O) groups excluding carboxylic acids is 1. The van der Waals surface area contributed by atoms with Gasteiger partial charge in [-0.15, -0.1) is 0 Å². The minimum Gasteiger partial charge on any atom is -0.397 e. The lowest BCUT2D eigenvalue weighted by Crippen LogP contribution is -2.29. The first-order valence-corrected chi connectivity index (χ1v) is 6.47. The monoisotopic (exact) mass is 268 g/mol. The van der Waals surface area contributed by atoms with E-state index in [1.54, 1.807) is 6.07 Å². The molecular weight excluding hydrogens is 252 g/mol. The summed E-state index contributed by atoms with van der Waals surface area (Å²) in [5.74, 6) is 0.756. The predicted molar refractivity (Wildman–Crippen MR) is 72.6 cm³/mol. The SMILES string of the molecule is Nc1cnc(NCCC(=O)N2CCCC2)c(Cl)c1. The van der Waals surface area contributed by atoms with Gasteiger partial charge in [0.25, 0.3) is 0 Å². The number of hydrogen-bond donors (Lipinski definition) is 2. The molecule has 0 radical (unpaired) electrons. The second-order valence-electron chi connectivity index (χ2n) is 4.36. The summed E-state index contributed by atoms with van der Waals surface area (Å²) in [7, 11) is 0. The zero-order valence-electron chi connectivity index (χ0n) is 10.2.